The Kier molecular flexibility index (Phi) is 5.20. The Hall–Kier alpha value is -3.72. The second-order valence-electron chi connectivity index (χ2n) is 6.38. The number of halogens is 1. The maximum atomic E-state index is 12.5. The monoisotopic (exact) mass is 424 g/mol. The van der Waals surface area contributed by atoms with Gasteiger partial charge in [0.05, 0.1) is 23.5 Å². The average molecular weight is 425 g/mol. The lowest BCUT2D eigenvalue weighted by atomic mass is 10.1. The number of amides is 1. The highest BCUT2D eigenvalue weighted by atomic mass is 35.5. The van der Waals surface area contributed by atoms with Crippen LogP contribution in [0.5, 0.6) is 0 Å². The van der Waals surface area contributed by atoms with Gasteiger partial charge in [-0.3, -0.25) is 9.48 Å². The molecule has 3 aromatic heterocycles. The lowest BCUT2D eigenvalue weighted by molar-refractivity contribution is 0.0528. The fraction of sp³-hybridized carbons (Fsp3) is 0.150. The van der Waals surface area contributed by atoms with E-state index in [9.17, 15) is 9.59 Å². The minimum atomic E-state index is -0.481. The smallest absolute Gasteiger partial charge is 0.343 e. The van der Waals surface area contributed by atoms with Crippen molar-refractivity contribution in [1.29, 1.82) is 0 Å². The van der Waals surface area contributed by atoms with Crippen molar-refractivity contribution in [2.45, 2.75) is 6.92 Å². The summed E-state index contributed by atoms with van der Waals surface area (Å²) in [6.07, 6.45) is 4.58. The van der Waals surface area contributed by atoms with E-state index < -0.39 is 11.9 Å². The van der Waals surface area contributed by atoms with E-state index >= 15 is 0 Å². The third kappa shape index (κ3) is 3.62. The number of esters is 1. The van der Waals surface area contributed by atoms with Crippen LogP contribution in [0.2, 0.25) is 5.02 Å². The summed E-state index contributed by atoms with van der Waals surface area (Å²) in [6.45, 7) is 2.00. The normalized spacial score (nSPS) is 10.9. The molecule has 1 aromatic carbocycles. The fourth-order valence-corrected chi connectivity index (χ4v) is 3.29. The Balaban J connectivity index is 1.67. The predicted molar refractivity (Wildman–Crippen MR) is 111 cm³/mol. The van der Waals surface area contributed by atoms with Crippen molar-refractivity contribution in [2.75, 3.05) is 11.9 Å². The van der Waals surface area contributed by atoms with Gasteiger partial charge < -0.3 is 10.1 Å². The zero-order valence-corrected chi connectivity index (χ0v) is 16.9. The van der Waals surface area contributed by atoms with Crippen LogP contribution in [0.15, 0.2) is 48.9 Å². The summed E-state index contributed by atoms with van der Waals surface area (Å²) in [7, 11) is 1.69. The Morgan fingerprint density at radius 2 is 2.10 bits per heavy atom. The SMILES string of the molecule is CCOC(=O)c1cnn2c(-c3cccc(NC(=O)c4nn(C)cc4Cl)c3)ccnc12. The molecule has 0 aliphatic rings. The molecule has 4 rings (SSSR count). The molecule has 0 spiro atoms. The minimum Gasteiger partial charge on any atom is -0.462 e. The van der Waals surface area contributed by atoms with Crippen molar-refractivity contribution in [2.24, 2.45) is 7.05 Å². The maximum absolute atomic E-state index is 12.5. The first-order valence-electron chi connectivity index (χ1n) is 9.08. The number of carbonyl (C=O) groups excluding carboxylic acids is 2. The molecule has 0 saturated carbocycles. The number of hydrogen-bond donors (Lipinski definition) is 1. The molecule has 152 valence electrons. The van der Waals surface area contributed by atoms with E-state index in [0.29, 0.717) is 17.0 Å². The molecule has 0 aliphatic heterocycles. The third-order valence-corrected chi connectivity index (χ3v) is 4.59. The van der Waals surface area contributed by atoms with Crippen LogP contribution in [0.25, 0.3) is 16.9 Å². The molecule has 0 saturated heterocycles. The van der Waals surface area contributed by atoms with Crippen LogP contribution in [0, 0.1) is 0 Å². The lowest BCUT2D eigenvalue weighted by Gasteiger charge is -2.08. The number of ether oxygens (including phenoxy) is 1. The number of aromatic nitrogens is 5. The number of carbonyl (C=O) groups is 2. The van der Waals surface area contributed by atoms with E-state index in [1.807, 2.05) is 6.07 Å². The molecule has 0 unspecified atom stereocenters. The molecule has 0 fully saturated rings. The Labute approximate surface area is 176 Å². The van der Waals surface area contributed by atoms with E-state index in [-0.39, 0.29) is 22.9 Å². The van der Waals surface area contributed by atoms with E-state index in [2.05, 4.69) is 20.5 Å². The summed E-state index contributed by atoms with van der Waals surface area (Å²) in [4.78, 5) is 28.9. The van der Waals surface area contributed by atoms with Crippen molar-refractivity contribution in [3.05, 3.63) is 65.2 Å². The van der Waals surface area contributed by atoms with Gasteiger partial charge in [-0.1, -0.05) is 23.7 Å². The summed E-state index contributed by atoms with van der Waals surface area (Å²) in [5.74, 6) is -0.897. The van der Waals surface area contributed by atoms with Crippen LogP contribution in [-0.2, 0) is 11.8 Å². The largest absolute Gasteiger partial charge is 0.462 e. The van der Waals surface area contributed by atoms with Gasteiger partial charge in [-0.25, -0.2) is 14.3 Å². The Bertz CT molecular complexity index is 1260. The maximum Gasteiger partial charge on any atom is 0.343 e. The molecule has 0 aliphatic carbocycles. The van der Waals surface area contributed by atoms with E-state index in [1.165, 1.54) is 10.9 Å². The summed E-state index contributed by atoms with van der Waals surface area (Å²) < 4.78 is 8.09. The molecule has 10 heteroatoms. The zero-order valence-electron chi connectivity index (χ0n) is 16.2. The van der Waals surface area contributed by atoms with Crippen LogP contribution in [0.3, 0.4) is 0 Å². The quantitative estimate of drug-likeness (QED) is 0.493. The molecule has 30 heavy (non-hydrogen) atoms. The zero-order chi connectivity index (χ0) is 21.3. The van der Waals surface area contributed by atoms with Crippen molar-refractivity contribution in [3.63, 3.8) is 0 Å². The molecule has 0 bridgehead atoms. The van der Waals surface area contributed by atoms with Crippen LogP contribution >= 0.6 is 11.6 Å². The number of benzene rings is 1. The molecule has 3 heterocycles. The van der Waals surface area contributed by atoms with Crippen molar-refractivity contribution in [3.8, 4) is 11.3 Å². The first kappa shape index (κ1) is 19.6. The highest BCUT2D eigenvalue weighted by Crippen LogP contribution is 2.25. The molecule has 9 nitrogen and oxygen atoms in total. The summed E-state index contributed by atoms with van der Waals surface area (Å²) in [6, 6.07) is 8.97. The number of anilines is 1. The number of fused-ring (bicyclic) bond motifs is 1. The van der Waals surface area contributed by atoms with Crippen LogP contribution in [-0.4, -0.2) is 42.9 Å². The number of nitrogens with one attached hydrogen (secondary N) is 1. The second kappa shape index (κ2) is 7.96. The molecule has 1 amide bonds. The molecular weight excluding hydrogens is 408 g/mol. The Morgan fingerprint density at radius 1 is 1.27 bits per heavy atom. The van der Waals surface area contributed by atoms with Crippen LogP contribution < -0.4 is 5.32 Å². The van der Waals surface area contributed by atoms with Gasteiger partial charge in [0.1, 0.15) is 5.56 Å². The van der Waals surface area contributed by atoms with Gasteiger partial charge in [0.25, 0.3) is 5.91 Å². The van der Waals surface area contributed by atoms with Gasteiger partial charge in [0.15, 0.2) is 11.3 Å². The van der Waals surface area contributed by atoms with Gasteiger partial charge in [-0.05, 0) is 25.1 Å². The van der Waals surface area contributed by atoms with Crippen molar-refractivity contribution in [1.82, 2.24) is 24.4 Å². The van der Waals surface area contributed by atoms with Crippen LogP contribution in [0.1, 0.15) is 27.8 Å². The van der Waals surface area contributed by atoms with Gasteiger partial charge in [0.2, 0.25) is 0 Å². The molecule has 0 atom stereocenters. The first-order valence-corrected chi connectivity index (χ1v) is 9.46. The van der Waals surface area contributed by atoms with Crippen LogP contribution in [0.4, 0.5) is 5.69 Å². The summed E-state index contributed by atoms with van der Waals surface area (Å²) >= 11 is 6.05. The number of nitrogens with zero attached hydrogens (tertiary/aromatic N) is 5. The van der Waals surface area contributed by atoms with Crippen molar-refractivity contribution >= 4 is 34.8 Å². The summed E-state index contributed by atoms with van der Waals surface area (Å²) in [5, 5.41) is 11.4. The highest BCUT2D eigenvalue weighted by molar-refractivity contribution is 6.34. The Morgan fingerprint density at radius 3 is 2.83 bits per heavy atom. The lowest BCUT2D eigenvalue weighted by Crippen LogP contribution is -2.13. The minimum absolute atomic E-state index is 0.141. The first-order chi connectivity index (χ1) is 14.5. The number of aryl methyl sites for hydroxylation is 1. The molecule has 4 aromatic rings. The summed E-state index contributed by atoms with van der Waals surface area (Å²) in [5.41, 5.74) is 2.84. The van der Waals surface area contributed by atoms with Gasteiger partial charge in [-0.2, -0.15) is 10.2 Å². The number of rotatable bonds is 5. The van der Waals surface area contributed by atoms with Gasteiger partial charge in [-0.15, -0.1) is 0 Å². The van der Waals surface area contributed by atoms with E-state index in [1.54, 1.807) is 55.1 Å². The van der Waals surface area contributed by atoms with Gasteiger partial charge in [0, 0.05) is 30.7 Å². The van der Waals surface area contributed by atoms with Crippen molar-refractivity contribution < 1.29 is 14.3 Å². The molecular formula is C20H17ClN6O3. The van der Waals surface area contributed by atoms with E-state index in [4.69, 9.17) is 16.3 Å². The topological polar surface area (TPSA) is 103 Å². The average Bonchev–Trinajstić information content (AvgIpc) is 3.31. The fourth-order valence-electron chi connectivity index (χ4n) is 3.02. The van der Waals surface area contributed by atoms with Gasteiger partial charge >= 0.3 is 5.97 Å². The van der Waals surface area contributed by atoms with E-state index in [0.717, 1.165) is 5.56 Å². The predicted octanol–water partition coefficient (Wildman–Crippen LogP) is 3.21. The second-order valence-corrected chi connectivity index (χ2v) is 6.79. The molecule has 0 radical (unpaired) electrons. The highest BCUT2D eigenvalue weighted by Gasteiger charge is 2.18. The standard InChI is InChI=1S/C20H17ClN6O3/c1-3-30-20(29)14-10-23-27-16(7-8-22-18(14)27)12-5-4-6-13(9-12)24-19(28)17-15(21)11-26(2)25-17/h4-11H,3H2,1-2H3,(H,24,28). The molecule has 1 N–H and O–H groups in total. The third-order valence-electron chi connectivity index (χ3n) is 4.31. The number of hydrogen-bond acceptors (Lipinski definition) is 6.